The first-order valence-corrected chi connectivity index (χ1v) is 13.7. The molecular formula is C30H33Cl2N3O. The molecule has 2 heterocycles. The number of nitrogens with one attached hydrogen (secondary N) is 1. The summed E-state index contributed by atoms with van der Waals surface area (Å²) in [5, 5.41) is 4.75. The van der Waals surface area contributed by atoms with Crippen LogP contribution in [0.4, 0.5) is 0 Å². The van der Waals surface area contributed by atoms with Crippen molar-refractivity contribution in [3.8, 4) is 0 Å². The number of aryl methyl sites for hydroxylation is 2. The molecule has 0 radical (unpaired) electrons. The highest BCUT2D eigenvalue weighted by atomic mass is 35.5. The Labute approximate surface area is 224 Å². The van der Waals surface area contributed by atoms with E-state index >= 15 is 0 Å². The number of halogens is 2. The van der Waals surface area contributed by atoms with Crippen molar-refractivity contribution in [3.05, 3.63) is 98.3 Å². The predicted molar refractivity (Wildman–Crippen MR) is 147 cm³/mol. The molecule has 1 N–H and O–H groups in total. The van der Waals surface area contributed by atoms with Crippen molar-refractivity contribution in [2.75, 3.05) is 13.1 Å². The third-order valence-electron chi connectivity index (χ3n) is 7.60. The molecule has 5 rings (SSSR count). The van der Waals surface area contributed by atoms with E-state index in [2.05, 4.69) is 23.2 Å². The van der Waals surface area contributed by atoms with Gasteiger partial charge in [0.15, 0.2) is 5.78 Å². The first-order chi connectivity index (χ1) is 17.5. The van der Waals surface area contributed by atoms with Crippen LogP contribution in [0.1, 0.15) is 70.5 Å². The number of rotatable bonds is 8. The summed E-state index contributed by atoms with van der Waals surface area (Å²) < 4.78 is 0. The lowest BCUT2D eigenvalue weighted by Crippen LogP contribution is -2.50. The van der Waals surface area contributed by atoms with Gasteiger partial charge in [0.2, 0.25) is 0 Å². The molecular weight excluding hydrogens is 489 g/mol. The van der Waals surface area contributed by atoms with Gasteiger partial charge >= 0.3 is 0 Å². The molecule has 36 heavy (non-hydrogen) atoms. The van der Waals surface area contributed by atoms with Crippen LogP contribution in [0.5, 0.6) is 0 Å². The van der Waals surface area contributed by atoms with Crippen LogP contribution in [-0.2, 0) is 25.8 Å². The van der Waals surface area contributed by atoms with Crippen LogP contribution in [0.25, 0.3) is 0 Å². The van der Waals surface area contributed by atoms with Gasteiger partial charge in [0.25, 0.3) is 0 Å². The maximum atomic E-state index is 12.9. The van der Waals surface area contributed by atoms with Crippen molar-refractivity contribution >= 4 is 29.0 Å². The normalized spacial score (nSPS) is 17.2. The van der Waals surface area contributed by atoms with Crippen molar-refractivity contribution in [2.24, 2.45) is 0 Å². The van der Waals surface area contributed by atoms with Crippen molar-refractivity contribution in [1.82, 2.24) is 15.2 Å². The predicted octanol–water partition coefficient (Wildman–Crippen LogP) is 6.62. The number of hydrogen-bond donors (Lipinski definition) is 1. The molecule has 0 fully saturated rings. The summed E-state index contributed by atoms with van der Waals surface area (Å²) >= 11 is 12.5. The third kappa shape index (κ3) is 5.84. The summed E-state index contributed by atoms with van der Waals surface area (Å²) in [7, 11) is 0. The zero-order valence-electron chi connectivity index (χ0n) is 20.8. The first-order valence-electron chi connectivity index (χ1n) is 13.0. The van der Waals surface area contributed by atoms with Gasteiger partial charge in [-0.2, -0.15) is 0 Å². The van der Waals surface area contributed by atoms with Crippen molar-refractivity contribution in [2.45, 2.75) is 64.1 Å². The van der Waals surface area contributed by atoms with Gasteiger partial charge in [0, 0.05) is 36.5 Å². The van der Waals surface area contributed by atoms with Crippen molar-refractivity contribution in [1.29, 1.82) is 0 Å². The number of hydrogen-bond acceptors (Lipinski definition) is 4. The lowest BCUT2D eigenvalue weighted by atomic mass is 9.91. The zero-order chi connectivity index (χ0) is 25.1. The number of Topliss-reactive ketones (excluding diaryl/α,β-unsaturated/α-hetero) is 1. The van der Waals surface area contributed by atoms with E-state index in [1.165, 1.54) is 35.4 Å². The average molecular weight is 523 g/mol. The Bertz CT molecular complexity index is 1230. The number of ketones is 1. The first kappa shape index (κ1) is 25.4. The molecule has 2 atom stereocenters. The monoisotopic (exact) mass is 521 g/mol. The number of pyridine rings is 1. The Hall–Kier alpha value is -2.24. The van der Waals surface area contributed by atoms with Gasteiger partial charge in [0.05, 0.1) is 22.8 Å². The maximum Gasteiger partial charge on any atom is 0.176 e. The summed E-state index contributed by atoms with van der Waals surface area (Å²) in [5.41, 5.74) is 7.22. The van der Waals surface area contributed by atoms with Crippen molar-refractivity contribution in [3.63, 3.8) is 0 Å². The number of nitrogens with zero attached hydrogens (tertiary/aromatic N) is 2. The van der Waals surface area contributed by atoms with E-state index in [9.17, 15) is 4.79 Å². The van der Waals surface area contributed by atoms with Crippen LogP contribution >= 0.6 is 23.2 Å². The van der Waals surface area contributed by atoms with Crippen LogP contribution in [0, 0.1) is 0 Å². The van der Waals surface area contributed by atoms with Gasteiger partial charge in [-0.15, -0.1) is 0 Å². The molecule has 1 aliphatic heterocycles. The molecule has 2 aliphatic rings. The van der Waals surface area contributed by atoms with E-state index in [1.807, 2.05) is 48.5 Å². The minimum atomic E-state index is 0.0475. The van der Waals surface area contributed by atoms with E-state index in [4.69, 9.17) is 28.2 Å². The van der Waals surface area contributed by atoms with Crippen molar-refractivity contribution < 1.29 is 4.79 Å². The molecule has 1 aliphatic carbocycles. The summed E-state index contributed by atoms with van der Waals surface area (Å²) in [4.78, 5) is 20.4. The van der Waals surface area contributed by atoms with Crippen LogP contribution < -0.4 is 5.32 Å². The lowest BCUT2D eigenvalue weighted by Gasteiger charge is -2.37. The molecule has 3 aromatic rings. The number of aromatic nitrogens is 1. The van der Waals surface area contributed by atoms with Crippen LogP contribution in [0.15, 0.2) is 54.6 Å². The van der Waals surface area contributed by atoms with Gasteiger partial charge in [0.1, 0.15) is 0 Å². The number of fused-ring (bicyclic) bond motifs is 2. The van der Waals surface area contributed by atoms with Crippen LogP contribution in [0.2, 0.25) is 10.0 Å². The molecule has 1 aromatic heterocycles. The Morgan fingerprint density at radius 1 is 0.972 bits per heavy atom. The zero-order valence-corrected chi connectivity index (χ0v) is 22.3. The molecule has 0 saturated carbocycles. The quantitative estimate of drug-likeness (QED) is 0.338. The highest BCUT2D eigenvalue weighted by Gasteiger charge is 2.28. The standard InChI is InChI=1S/C30H33Cl2N3O/c1-20(22-11-12-25(31)26(32)17-22)15-30(33-18-29(36)21-7-3-2-4-8-21)35-14-13-28-24(19-35)16-23-9-5-6-10-27(23)34-28/h2-4,7-8,11-12,16-17,20,30,33H,5-6,9-10,13-15,18-19H2,1H3. The Balaban J connectivity index is 1.35. The SMILES string of the molecule is CC(CC(NCC(=O)c1ccccc1)N1CCc2nc3c(cc2C1)CCCC3)c1ccc(Cl)c(Cl)c1. The molecule has 0 bridgehead atoms. The Morgan fingerprint density at radius 3 is 2.56 bits per heavy atom. The second-order valence-electron chi connectivity index (χ2n) is 10.1. The van der Waals surface area contributed by atoms with Crippen LogP contribution in [-0.4, -0.2) is 34.9 Å². The minimum Gasteiger partial charge on any atom is -0.294 e. The lowest BCUT2D eigenvalue weighted by molar-refractivity contribution is 0.0935. The Kier molecular flexibility index (Phi) is 8.07. The number of carbonyl (C=O) groups is 1. The fourth-order valence-electron chi connectivity index (χ4n) is 5.48. The van der Waals surface area contributed by atoms with Crippen LogP contribution in [0.3, 0.4) is 0 Å². The summed E-state index contributed by atoms with van der Waals surface area (Å²) in [5.74, 6) is 0.350. The molecule has 2 aromatic carbocycles. The largest absolute Gasteiger partial charge is 0.294 e. The molecule has 0 amide bonds. The highest BCUT2D eigenvalue weighted by molar-refractivity contribution is 6.42. The number of carbonyl (C=O) groups excluding carboxylic acids is 1. The molecule has 2 unspecified atom stereocenters. The van der Waals surface area contributed by atoms with Gasteiger partial charge in [-0.3, -0.25) is 20.0 Å². The third-order valence-corrected chi connectivity index (χ3v) is 8.34. The second kappa shape index (κ2) is 11.4. The highest BCUT2D eigenvalue weighted by Crippen LogP contribution is 2.31. The van der Waals surface area contributed by atoms with E-state index < -0.39 is 0 Å². The fraction of sp³-hybridized carbons (Fsp3) is 0.400. The van der Waals surface area contributed by atoms with E-state index in [1.54, 1.807) is 0 Å². The van der Waals surface area contributed by atoms with E-state index in [0.29, 0.717) is 16.6 Å². The molecule has 4 nitrogen and oxygen atoms in total. The average Bonchev–Trinajstić information content (AvgIpc) is 2.91. The summed E-state index contributed by atoms with van der Waals surface area (Å²) in [6.07, 6.45) is 6.59. The van der Waals surface area contributed by atoms with E-state index in [-0.39, 0.29) is 17.9 Å². The van der Waals surface area contributed by atoms with Gasteiger partial charge in [-0.05, 0) is 66.8 Å². The van der Waals surface area contributed by atoms with Gasteiger partial charge < -0.3 is 0 Å². The summed E-state index contributed by atoms with van der Waals surface area (Å²) in [6.45, 7) is 4.28. The topological polar surface area (TPSA) is 45.2 Å². The van der Waals surface area contributed by atoms with E-state index in [0.717, 1.165) is 49.9 Å². The molecule has 6 heteroatoms. The molecule has 0 saturated heterocycles. The molecule has 0 spiro atoms. The minimum absolute atomic E-state index is 0.0475. The maximum absolute atomic E-state index is 12.9. The Morgan fingerprint density at radius 2 is 1.75 bits per heavy atom. The second-order valence-corrected chi connectivity index (χ2v) is 10.9. The fourth-order valence-corrected chi connectivity index (χ4v) is 5.79. The van der Waals surface area contributed by atoms with Gasteiger partial charge in [-0.25, -0.2) is 0 Å². The summed E-state index contributed by atoms with van der Waals surface area (Å²) in [6, 6.07) is 17.8. The van der Waals surface area contributed by atoms with Gasteiger partial charge in [-0.1, -0.05) is 72.6 Å². The smallest absolute Gasteiger partial charge is 0.176 e. The molecule has 188 valence electrons. The number of benzene rings is 2.